The Morgan fingerprint density at radius 1 is 0.962 bits per heavy atom. The van der Waals surface area contributed by atoms with E-state index < -0.39 is 6.09 Å². The molecule has 0 unspecified atom stereocenters. The molecule has 1 fully saturated rings. The summed E-state index contributed by atoms with van der Waals surface area (Å²) >= 11 is 0. The van der Waals surface area contributed by atoms with Crippen LogP contribution in [-0.2, 0) is 4.74 Å². The number of nitrogens with one attached hydrogen (secondary N) is 1. The number of anilines is 2. The average Bonchev–Trinajstić information content (AvgIpc) is 2.69. The van der Waals surface area contributed by atoms with Crippen molar-refractivity contribution in [2.24, 2.45) is 0 Å². The molecule has 0 radical (unpaired) electrons. The second-order valence-electron chi connectivity index (χ2n) is 6.04. The van der Waals surface area contributed by atoms with E-state index in [4.69, 9.17) is 4.74 Å². The second-order valence-corrected chi connectivity index (χ2v) is 6.04. The number of carbonyl (C=O) groups is 2. The highest BCUT2D eigenvalue weighted by atomic mass is 16.5. The van der Waals surface area contributed by atoms with Crippen molar-refractivity contribution in [3.63, 3.8) is 0 Å². The molecular weight excluding hydrogens is 330 g/mol. The first kappa shape index (κ1) is 17.8. The molecule has 6 nitrogen and oxygen atoms in total. The Morgan fingerprint density at radius 3 is 2.23 bits per heavy atom. The molecule has 136 valence electrons. The summed E-state index contributed by atoms with van der Waals surface area (Å²) in [6, 6.07) is 17.1. The van der Waals surface area contributed by atoms with Crippen LogP contribution in [0.3, 0.4) is 0 Å². The Bertz CT molecular complexity index is 739. The molecule has 1 aliphatic heterocycles. The minimum absolute atomic E-state index is 0.0143. The highest BCUT2D eigenvalue weighted by Gasteiger charge is 2.22. The molecule has 2 aromatic carbocycles. The minimum Gasteiger partial charge on any atom is -0.450 e. The van der Waals surface area contributed by atoms with Gasteiger partial charge in [-0.15, -0.1) is 0 Å². The molecule has 0 atom stereocenters. The van der Waals surface area contributed by atoms with Gasteiger partial charge in [-0.2, -0.15) is 0 Å². The fourth-order valence-electron chi connectivity index (χ4n) is 2.97. The number of rotatable bonds is 4. The first-order valence-electron chi connectivity index (χ1n) is 8.80. The first-order valence-corrected chi connectivity index (χ1v) is 8.80. The number of piperazine rings is 1. The summed E-state index contributed by atoms with van der Waals surface area (Å²) in [5.74, 6) is 0.0143. The van der Waals surface area contributed by atoms with Crippen molar-refractivity contribution in [2.75, 3.05) is 43.0 Å². The molecule has 1 aliphatic rings. The van der Waals surface area contributed by atoms with Crippen molar-refractivity contribution in [1.29, 1.82) is 0 Å². The lowest BCUT2D eigenvalue weighted by Crippen LogP contribution is -2.48. The van der Waals surface area contributed by atoms with Crippen LogP contribution in [-0.4, -0.2) is 49.7 Å². The Balaban J connectivity index is 1.56. The van der Waals surface area contributed by atoms with Crippen molar-refractivity contribution in [3.8, 4) is 0 Å². The van der Waals surface area contributed by atoms with Crippen LogP contribution >= 0.6 is 0 Å². The van der Waals surface area contributed by atoms with Gasteiger partial charge in [0.25, 0.3) is 5.91 Å². The Kier molecular flexibility index (Phi) is 5.73. The molecule has 1 saturated heterocycles. The average molecular weight is 353 g/mol. The lowest BCUT2D eigenvalue weighted by Gasteiger charge is -2.36. The number of para-hydroxylation sites is 1. The molecular formula is C20H23N3O3. The summed E-state index contributed by atoms with van der Waals surface area (Å²) < 4.78 is 4.84. The molecule has 0 spiro atoms. The third kappa shape index (κ3) is 4.33. The molecule has 0 aromatic heterocycles. The van der Waals surface area contributed by atoms with Crippen LogP contribution in [0.15, 0.2) is 54.6 Å². The van der Waals surface area contributed by atoms with Gasteiger partial charge >= 0.3 is 6.09 Å². The number of hydrogen-bond acceptors (Lipinski definition) is 4. The van der Waals surface area contributed by atoms with E-state index in [1.807, 2.05) is 23.1 Å². The number of carbonyl (C=O) groups excluding carboxylic acids is 2. The monoisotopic (exact) mass is 353 g/mol. The molecule has 2 aromatic rings. The summed E-state index contributed by atoms with van der Waals surface area (Å²) in [5, 5.41) is 2.62. The predicted molar refractivity (Wildman–Crippen MR) is 102 cm³/mol. The van der Waals surface area contributed by atoms with E-state index >= 15 is 0 Å². The molecule has 1 N–H and O–H groups in total. The number of ether oxygens (including phenoxy) is 1. The van der Waals surface area contributed by atoms with Crippen molar-refractivity contribution in [2.45, 2.75) is 6.92 Å². The zero-order valence-corrected chi connectivity index (χ0v) is 14.9. The lowest BCUT2D eigenvalue weighted by atomic mass is 10.1. The lowest BCUT2D eigenvalue weighted by molar-refractivity contribution is 0.0747. The van der Waals surface area contributed by atoms with E-state index in [1.165, 1.54) is 5.69 Å². The number of nitrogens with zero attached hydrogens (tertiary/aromatic N) is 2. The smallest absolute Gasteiger partial charge is 0.411 e. The zero-order valence-electron chi connectivity index (χ0n) is 14.9. The third-order valence-corrected chi connectivity index (χ3v) is 4.34. The Morgan fingerprint density at radius 2 is 1.62 bits per heavy atom. The van der Waals surface area contributed by atoms with Crippen molar-refractivity contribution in [3.05, 3.63) is 60.2 Å². The molecule has 2 amide bonds. The SMILES string of the molecule is CCOC(=O)Nc1ccc(C(=O)N2CCN(c3ccccc3)CC2)cc1. The van der Waals surface area contributed by atoms with Gasteiger partial charge < -0.3 is 14.5 Å². The van der Waals surface area contributed by atoms with Gasteiger partial charge in [0.15, 0.2) is 0 Å². The van der Waals surface area contributed by atoms with E-state index in [0.29, 0.717) is 30.9 Å². The summed E-state index contributed by atoms with van der Waals surface area (Å²) in [6.45, 7) is 5.08. The summed E-state index contributed by atoms with van der Waals surface area (Å²) in [7, 11) is 0. The quantitative estimate of drug-likeness (QED) is 0.917. The standard InChI is InChI=1S/C20H23N3O3/c1-2-26-20(25)21-17-10-8-16(9-11-17)19(24)23-14-12-22(13-15-23)18-6-4-3-5-7-18/h3-11H,2,12-15H2,1H3,(H,21,25). The highest BCUT2D eigenvalue weighted by molar-refractivity contribution is 5.95. The number of hydrogen-bond donors (Lipinski definition) is 1. The van der Waals surface area contributed by atoms with Gasteiger partial charge in [0.2, 0.25) is 0 Å². The second kappa shape index (κ2) is 8.38. The van der Waals surface area contributed by atoms with Crippen LogP contribution in [0, 0.1) is 0 Å². The number of amides is 2. The van der Waals surface area contributed by atoms with Crippen LogP contribution < -0.4 is 10.2 Å². The van der Waals surface area contributed by atoms with Gasteiger partial charge in [-0.25, -0.2) is 4.79 Å². The van der Waals surface area contributed by atoms with Gasteiger partial charge in [0, 0.05) is 43.1 Å². The fraction of sp³-hybridized carbons (Fsp3) is 0.300. The van der Waals surface area contributed by atoms with E-state index in [1.54, 1.807) is 31.2 Å². The van der Waals surface area contributed by atoms with Crippen molar-refractivity contribution < 1.29 is 14.3 Å². The van der Waals surface area contributed by atoms with Gasteiger partial charge in [0.05, 0.1) is 6.61 Å². The van der Waals surface area contributed by atoms with E-state index in [-0.39, 0.29) is 5.91 Å². The molecule has 26 heavy (non-hydrogen) atoms. The molecule has 3 rings (SSSR count). The Hall–Kier alpha value is -3.02. The van der Waals surface area contributed by atoms with Crippen LogP contribution in [0.5, 0.6) is 0 Å². The normalized spacial score (nSPS) is 14.0. The number of benzene rings is 2. The van der Waals surface area contributed by atoms with Crippen molar-refractivity contribution in [1.82, 2.24) is 4.90 Å². The largest absolute Gasteiger partial charge is 0.450 e. The fourth-order valence-corrected chi connectivity index (χ4v) is 2.97. The topological polar surface area (TPSA) is 61.9 Å². The predicted octanol–water partition coefficient (Wildman–Crippen LogP) is 3.22. The van der Waals surface area contributed by atoms with E-state index in [2.05, 4.69) is 22.3 Å². The molecule has 0 saturated carbocycles. The van der Waals surface area contributed by atoms with Gasteiger partial charge in [-0.3, -0.25) is 10.1 Å². The van der Waals surface area contributed by atoms with Crippen LogP contribution in [0.1, 0.15) is 17.3 Å². The maximum absolute atomic E-state index is 12.7. The van der Waals surface area contributed by atoms with Crippen molar-refractivity contribution >= 4 is 23.4 Å². The molecule has 1 heterocycles. The van der Waals surface area contributed by atoms with Gasteiger partial charge in [0.1, 0.15) is 0 Å². The highest BCUT2D eigenvalue weighted by Crippen LogP contribution is 2.17. The summed E-state index contributed by atoms with van der Waals surface area (Å²) in [6.07, 6.45) is -0.497. The molecule has 6 heteroatoms. The van der Waals surface area contributed by atoms with Crippen LogP contribution in [0.4, 0.5) is 16.2 Å². The van der Waals surface area contributed by atoms with Crippen LogP contribution in [0.2, 0.25) is 0 Å². The summed E-state index contributed by atoms with van der Waals surface area (Å²) in [5.41, 5.74) is 2.41. The maximum atomic E-state index is 12.7. The van der Waals surface area contributed by atoms with E-state index in [9.17, 15) is 9.59 Å². The maximum Gasteiger partial charge on any atom is 0.411 e. The first-order chi connectivity index (χ1) is 12.7. The van der Waals surface area contributed by atoms with Crippen LogP contribution in [0.25, 0.3) is 0 Å². The summed E-state index contributed by atoms with van der Waals surface area (Å²) in [4.78, 5) is 28.2. The third-order valence-electron chi connectivity index (χ3n) is 4.34. The Labute approximate surface area is 153 Å². The van der Waals surface area contributed by atoms with Gasteiger partial charge in [-0.05, 0) is 43.3 Å². The van der Waals surface area contributed by atoms with E-state index in [0.717, 1.165) is 13.1 Å². The zero-order chi connectivity index (χ0) is 18.4. The molecule has 0 aliphatic carbocycles. The molecule has 0 bridgehead atoms. The minimum atomic E-state index is -0.497. The van der Waals surface area contributed by atoms with Gasteiger partial charge in [-0.1, -0.05) is 18.2 Å².